The van der Waals surface area contributed by atoms with Crippen LogP contribution in [0.1, 0.15) is 43.0 Å². The Labute approximate surface area is 116 Å². The fraction of sp³-hybridized carbons (Fsp3) is 0.500. The number of carboxylic acids is 1. The Balaban J connectivity index is 2.24. The second-order valence-corrected chi connectivity index (χ2v) is 5.27. The molecule has 1 fully saturated rings. The van der Waals surface area contributed by atoms with Gasteiger partial charge in [0.05, 0.1) is 11.8 Å². The largest absolute Gasteiger partial charge is 0.479 e. The van der Waals surface area contributed by atoms with E-state index in [1.807, 2.05) is 6.92 Å². The van der Waals surface area contributed by atoms with E-state index in [0.717, 1.165) is 31.5 Å². The number of aromatic nitrogens is 1. The van der Waals surface area contributed by atoms with Gasteiger partial charge in [-0.3, -0.25) is 9.78 Å². The van der Waals surface area contributed by atoms with Crippen LogP contribution in [0.25, 0.3) is 0 Å². The van der Waals surface area contributed by atoms with Crippen LogP contribution in [-0.2, 0) is 4.79 Å². The normalized spacial score (nSPS) is 26.0. The Morgan fingerprint density at radius 1 is 1.45 bits per heavy atom. The van der Waals surface area contributed by atoms with Crippen LogP contribution in [-0.4, -0.2) is 27.5 Å². The molecule has 5 nitrogen and oxygen atoms in total. The predicted octanol–water partition coefficient (Wildman–Crippen LogP) is 1.98. The number of hydrogen-bond acceptors (Lipinski definition) is 3. The molecule has 1 heterocycles. The number of halogens is 1. The molecule has 1 amide bonds. The third-order valence-electron chi connectivity index (χ3n) is 3.98. The first-order valence-corrected chi connectivity index (χ1v) is 6.62. The lowest BCUT2D eigenvalue weighted by atomic mass is 9.73. The molecule has 2 N–H and O–H groups in total. The Hall–Kier alpha value is -1.98. The summed E-state index contributed by atoms with van der Waals surface area (Å²) in [5.41, 5.74) is -1.25. The molecular formula is C14H17FN2O3. The summed E-state index contributed by atoms with van der Waals surface area (Å²) >= 11 is 0. The van der Waals surface area contributed by atoms with E-state index in [-0.39, 0.29) is 11.5 Å². The van der Waals surface area contributed by atoms with Crippen LogP contribution < -0.4 is 5.32 Å². The molecule has 1 aromatic heterocycles. The summed E-state index contributed by atoms with van der Waals surface area (Å²) in [5.74, 6) is -2.44. The van der Waals surface area contributed by atoms with Crippen LogP contribution in [0.5, 0.6) is 0 Å². The first kappa shape index (κ1) is 14.4. The average molecular weight is 280 g/mol. The number of amides is 1. The summed E-state index contributed by atoms with van der Waals surface area (Å²) in [5, 5.41) is 12.1. The number of hydrogen-bond donors (Lipinski definition) is 2. The minimum absolute atomic E-state index is 0.0309. The predicted molar refractivity (Wildman–Crippen MR) is 69.7 cm³/mol. The second kappa shape index (κ2) is 5.56. The van der Waals surface area contributed by atoms with Crippen LogP contribution in [0.4, 0.5) is 4.39 Å². The minimum atomic E-state index is -1.28. The van der Waals surface area contributed by atoms with Crippen LogP contribution in [0, 0.1) is 11.7 Å². The molecule has 0 aliphatic heterocycles. The number of carbonyl (C=O) groups is 2. The highest BCUT2D eigenvalue weighted by molar-refractivity contribution is 5.97. The molecular weight excluding hydrogens is 263 g/mol. The third-order valence-corrected chi connectivity index (χ3v) is 3.98. The maximum atomic E-state index is 13.1. The van der Waals surface area contributed by atoms with Gasteiger partial charge in [-0.1, -0.05) is 19.8 Å². The van der Waals surface area contributed by atoms with Crippen molar-refractivity contribution in [2.24, 2.45) is 5.92 Å². The van der Waals surface area contributed by atoms with E-state index in [1.165, 1.54) is 6.20 Å². The van der Waals surface area contributed by atoms with Gasteiger partial charge >= 0.3 is 5.97 Å². The van der Waals surface area contributed by atoms with Gasteiger partial charge in [-0.25, -0.2) is 9.18 Å². The molecule has 0 aromatic carbocycles. The molecule has 1 aliphatic carbocycles. The first-order valence-electron chi connectivity index (χ1n) is 6.62. The summed E-state index contributed by atoms with van der Waals surface area (Å²) in [7, 11) is 0. The van der Waals surface area contributed by atoms with Crippen LogP contribution in [0.2, 0.25) is 0 Å². The number of carboxylic acid groups (broad SMARTS) is 1. The molecule has 20 heavy (non-hydrogen) atoms. The van der Waals surface area contributed by atoms with Gasteiger partial charge in [0.2, 0.25) is 0 Å². The number of pyridine rings is 1. The molecule has 1 aromatic rings. The van der Waals surface area contributed by atoms with Crippen molar-refractivity contribution in [3.63, 3.8) is 0 Å². The van der Waals surface area contributed by atoms with E-state index >= 15 is 0 Å². The number of nitrogens with zero attached hydrogens (tertiary/aromatic N) is 1. The molecule has 0 bridgehead atoms. The molecule has 1 saturated carbocycles. The van der Waals surface area contributed by atoms with E-state index in [1.54, 1.807) is 0 Å². The van der Waals surface area contributed by atoms with Gasteiger partial charge < -0.3 is 10.4 Å². The molecule has 1 aliphatic rings. The summed E-state index contributed by atoms with van der Waals surface area (Å²) in [6, 6.07) is 1.05. The summed E-state index contributed by atoms with van der Waals surface area (Å²) < 4.78 is 13.1. The standard InChI is InChI=1S/C14H17FN2O3/c1-9-4-2-3-5-14(9,13(19)20)17-12(18)10-6-11(15)8-16-7-10/h6-9H,2-5H2,1H3,(H,17,18)(H,19,20). The van der Waals surface area contributed by atoms with Gasteiger partial charge in [-0.05, 0) is 24.8 Å². The van der Waals surface area contributed by atoms with E-state index < -0.39 is 23.2 Å². The van der Waals surface area contributed by atoms with Crippen molar-refractivity contribution in [3.8, 4) is 0 Å². The third kappa shape index (κ3) is 2.64. The highest BCUT2D eigenvalue weighted by Crippen LogP contribution is 2.34. The minimum Gasteiger partial charge on any atom is -0.479 e. The zero-order valence-corrected chi connectivity index (χ0v) is 11.2. The van der Waals surface area contributed by atoms with Crippen LogP contribution >= 0.6 is 0 Å². The molecule has 0 saturated heterocycles. The maximum Gasteiger partial charge on any atom is 0.329 e. The Kier molecular flexibility index (Phi) is 4.01. The molecule has 2 unspecified atom stereocenters. The lowest BCUT2D eigenvalue weighted by Crippen LogP contribution is -2.60. The number of carbonyl (C=O) groups excluding carboxylic acids is 1. The zero-order valence-electron chi connectivity index (χ0n) is 11.2. The Bertz CT molecular complexity index is 535. The quantitative estimate of drug-likeness (QED) is 0.887. The van der Waals surface area contributed by atoms with Crippen molar-refractivity contribution >= 4 is 11.9 Å². The highest BCUT2D eigenvalue weighted by atomic mass is 19.1. The van der Waals surface area contributed by atoms with Crippen molar-refractivity contribution in [1.82, 2.24) is 10.3 Å². The molecule has 108 valence electrons. The average Bonchev–Trinajstić information content (AvgIpc) is 2.41. The fourth-order valence-corrected chi connectivity index (χ4v) is 2.71. The Morgan fingerprint density at radius 2 is 2.20 bits per heavy atom. The highest BCUT2D eigenvalue weighted by Gasteiger charge is 2.46. The molecule has 2 rings (SSSR count). The van der Waals surface area contributed by atoms with Crippen molar-refractivity contribution in [2.45, 2.75) is 38.1 Å². The molecule has 2 atom stereocenters. The summed E-state index contributed by atoms with van der Waals surface area (Å²) in [6.07, 6.45) is 5.05. The van der Waals surface area contributed by atoms with Crippen molar-refractivity contribution < 1.29 is 19.1 Å². The van der Waals surface area contributed by atoms with E-state index in [0.29, 0.717) is 6.42 Å². The lowest BCUT2D eigenvalue weighted by Gasteiger charge is -2.39. The SMILES string of the molecule is CC1CCCCC1(NC(=O)c1cncc(F)c1)C(=O)O. The fourth-order valence-electron chi connectivity index (χ4n) is 2.71. The molecule has 0 spiro atoms. The van der Waals surface area contributed by atoms with Gasteiger partial charge in [-0.15, -0.1) is 0 Å². The van der Waals surface area contributed by atoms with E-state index in [9.17, 15) is 19.1 Å². The van der Waals surface area contributed by atoms with Gasteiger partial charge in [0, 0.05) is 6.20 Å². The Morgan fingerprint density at radius 3 is 2.80 bits per heavy atom. The van der Waals surface area contributed by atoms with Crippen LogP contribution in [0.15, 0.2) is 18.5 Å². The van der Waals surface area contributed by atoms with Crippen molar-refractivity contribution in [1.29, 1.82) is 0 Å². The van der Waals surface area contributed by atoms with E-state index in [2.05, 4.69) is 10.3 Å². The topological polar surface area (TPSA) is 79.3 Å². The van der Waals surface area contributed by atoms with Crippen molar-refractivity contribution in [2.75, 3.05) is 0 Å². The number of aliphatic carboxylic acids is 1. The molecule has 0 radical (unpaired) electrons. The number of rotatable bonds is 3. The maximum absolute atomic E-state index is 13.1. The van der Waals surface area contributed by atoms with Gasteiger partial charge in [0.1, 0.15) is 11.4 Å². The lowest BCUT2D eigenvalue weighted by molar-refractivity contribution is -0.148. The molecule has 6 heteroatoms. The summed E-state index contributed by atoms with van der Waals surface area (Å²) in [4.78, 5) is 27.4. The van der Waals surface area contributed by atoms with E-state index in [4.69, 9.17) is 0 Å². The van der Waals surface area contributed by atoms with Crippen molar-refractivity contribution in [3.05, 3.63) is 29.8 Å². The monoisotopic (exact) mass is 280 g/mol. The smallest absolute Gasteiger partial charge is 0.329 e. The second-order valence-electron chi connectivity index (χ2n) is 5.27. The summed E-state index contributed by atoms with van der Waals surface area (Å²) in [6.45, 7) is 1.82. The van der Waals surface area contributed by atoms with Gasteiger partial charge in [0.25, 0.3) is 5.91 Å². The zero-order chi connectivity index (χ0) is 14.8. The van der Waals surface area contributed by atoms with Gasteiger partial charge in [-0.2, -0.15) is 0 Å². The van der Waals surface area contributed by atoms with Gasteiger partial charge in [0.15, 0.2) is 0 Å². The number of nitrogens with one attached hydrogen (secondary N) is 1. The van der Waals surface area contributed by atoms with Crippen LogP contribution in [0.3, 0.4) is 0 Å². The first-order chi connectivity index (χ1) is 9.45.